The number of nitrogens with zero attached hydrogens (tertiary/aromatic N) is 1. The van der Waals surface area contributed by atoms with Gasteiger partial charge in [0.05, 0.1) is 19.4 Å². The van der Waals surface area contributed by atoms with Gasteiger partial charge in [0.2, 0.25) is 0 Å². The van der Waals surface area contributed by atoms with Crippen LogP contribution in [0.1, 0.15) is 17.2 Å². The van der Waals surface area contributed by atoms with Gasteiger partial charge in [0.1, 0.15) is 5.75 Å². The fourth-order valence-corrected chi connectivity index (χ4v) is 2.03. The maximum absolute atomic E-state index is 10.2. The van der Waals surface area contributed by atoms with Gasteiger partial charge in [0.15, 0.2) is 0 Å². The lowest BCUT2D eigenvalue weighted by Crippen LogP contribution is -2.04. The Bertz CT molecular complexity index is 531. The van der Waals surface area contributed by atoms with Crippen molar-refractivity contribution in [3.63, 3.8) is 0 Å². The van der Waals surface area contributed by atoms with Crippen LogP contribution in [0, 0.1) is 0 Å². The molecule has 3 nitrogen and oxygen atoms in total. The van der Waals surface area contributed by atoms with E-state index in [4.69, 9.17) is 16.3 Å². The Morgan fingerprint density at radius 3 is 2.83 bits per heavy atom. The summed E-state index contributed by atoms with van der Waals surface area (Å²) in [6.07, 6.45) is 3.00. The van der Waals surface area contributed by atoms with Crippen molar-refractivity contribution in [2.24, 2.45) is 0 Å². The molecular weight excluding hydrogens is 250 g/mol. The molecule has 0 radical (unpaired) electrons. The van der Waals surface area contributed by atoms with Crippen molar-refractivity contribution < 1.29 is 9.84 Å². The molecule has 0 fully saturated rings. The molecule has 0 amide bonds. The van der Waals surface area contributed by atoms with Crippen LogP contribution in [0.3, 0.4) is 0 Å². The Hall–Kier alpha value is -1.58. The van der Waals surface area contributed by atoms with Crippen LogP contribution in [0.15, 0.2) is 42.7 Å². The minimum atomic E-state index is -0.664. The summed E-state index contributed by atoms with van der Waals surface area (Å²) in [6, 6.07) is 9.23. The van der Waals surface area contributed by atoms with Crippen LogP contribution in [0.4, 0.5) is 0 Å². The topological polar surface area (TPSA) is 42.4 Å². The van der Waals surface area contributed by atoms with E-state index in [0.717, 1.165) is 5.56 Å². The number of benzene rings is 1. The van der Waals surface area contributed by atoms with Gasteiger partial charge < -0.3 is 9.84 Å². The molecule has 0 saturated heterocycles. The van der Waals surface area contributed by atoms with Gasteiger partial charge >= 0.3 is 0 Å². The number of methoxy groups -OCH3 is 1. The van der Waals surface area contributed by atoms with E-state index in [1.54, 1.807) is 25.6 Å². The first-order valence-electron chi connectivity index (χ1n) is 5.61. The predicted octanol–water partition coefficient (Wildman–Crippen LogP) is 3.02. The molecule has 1 unspecified atom stereocenters. The smallest absolute Gasteiger partial charge is 0.142 e. The average Bonchev–Trinajstić information content (AvgIpc) is 2.41. The number of hydrogen-bond acceptors (Lipinski definition) is 3. The molecule has 0 bridgehead atoms. The first-order chi connectivity index (χ1) is 8.72. The summed E-state index contributed by atoms with van der Waals surface area (Å²) in [6.45, 7) is 0. The number of ether oxygens (including phenoxy) is 1. The highest BCUT2D eigenvalue weighted by Crippen LogP contribution is 2.28. The average molecular weight is 264 g/mol. The number of halogens is 1. The summed E-state index contributed by atoms with van der Waals surface area (Å²) in [4.78, 5) is 3.96. The van der Waals surface area contributed by atoms with Crippen molar-refractivity contribution in [3.05, 3.63) is 58.9 Å². The van der Waals surface area contributed by atoms with E-state index in [2.05, 4.69) is 4.98 Å². The molecule has 2 aromatic rings. The van der Waals surface area contributed by atoms with Crippen LogP contribution in [0.2, 0.25) is 5.02 Å². The SMILES string of the molecule is COc1cnccc1C(O)Cc1ccccc1Cl. The van der Waals surface area contributed by atoms with Gasteiger partial charge in [-0.2, -0.15) is 0 Å². The van der Waals surface area contributed by atoms with Gasteiger partial charge in [-0.25, -0.2) is 0 Å². The third-order valence-corrected chi connectivity index (χ3v) is 3.14. The summed E-state index contributed by atoms with van der Waals surface area (Å²) in [5, 5.41) is 10.9. The predicted molar refractivity (Wildman–Crippen MR) is 70.9 cm³/mol. The highest BCUT2D eigenvalue weighted by Gasteiger charge is 2.14. The lowest BCUT2D eigenvalue weighted by atomic mass is 10.0. The van der Waals surface area contributed by atoms with Gasteiger partial charge in [-0.1, -0.05) is 29.8 Å². The third-order valence-electron chi connectivity index (χ3n) is 2.77. The van der Waals surface area contributed by atoms with Gasteiger partial charge in [0.25, 0.3) is 0 Å². The first kappa shape index (κ1) is 12.9. The largest absolute Gasteiger partial charge is 0.495 e. The monoisotopic (exact) mass is 263 g/mol. The van der Waals surface area contributed by atoms with E-state index >= 15 is 0 Å². The second-order valence-electron chi connectivity index (χ2n) is 3.93. The second-order valence-corrected chi connectivity index (χ2v) is 4.34. The summed E-state index contributed by atoms with van der Waals surface area (Å²) in [5.74, 6) is 0.581. The molecule has 0 aliphatic rings. The fourth-order valence-electron chi connectivity index (χ4n) is 1.82. The second kappa shape index (κ2) is 5.85. The molecule has 0 aliphatic heterocycles. The van der Waals surface area contributed by atoms with Crippen LogP contribution < -0.4 is 4.74 Å². The molecule has 0 aliphatic carbocycles. The van der Waals surface area contributed by atoms with E-state index in [9.17, 15) is 5.11 Å². The molecule has 2 rings (SSSR count). The van der Waals surface area contributed by atoms with Gasteiger partial charge in [-0.3, -0.25) is 4.98 Å². The minimum Gasteiger partial charge on any atom is -0.495 e. The maximum atomic E-state index is 10.2. The highest BCUT2D eigenvalue weighted by molar-refractivity contribution is 6.31. The van der Waals surface area contributed by atoms with E-state index in [1.165, 1.54) is 0 Å². The van der Waals surface area contributed by atoms with E-state index < -0.39 is 6.10 Å². The van der Waals surface area contributed by atoms with Crippen LogP contribution in [-0.2, 0) is 6.42 Å². The zero-order valence-electron chi connectivity index (χ0n) is 10.0. The maximum Gasteiger partial charge on any atom is 0.142 e. The van der Waals surface area contributed by atoms with Crippen LogP contribution in [0.5, 0.6) is 5.75 Å². The Balaban J connectivity index is 2.22. The number of pyridine rings is 1. The summed E-state index contributed by atoms with van der Waals surface area (Å²) in [7, 11) is 1.56. The van der Waals surface area contributed by atoms with E-state index in [-0.39, 0.29) is 0 Å². The Kier molecular flexibility index (Phi) is 4.18. The van der Waals surface area contributed by atoms with Crippen molar-refractivity contribution in [3.8, 4) is 5.75 Å². The molecule has 1 N–H and O–H groups in total. The lowest BCUT2D eigenvalue weighted by molar-refractivity contribution is 0.174. The van der Waals surface area contributed by atoms with Crippen LogP contribution in [-0.4, -0.2) is 17.2 Å². The molecule has 94 valence electrons. The molecule has 1 heterocycles. The zero-order chi connectivity index (χ0) is 13.0. The zero-order valence-corrected chi connectivity index (χ0v) is 10.8. The number of aliphatic hydroxyl groups excluding tert-OH is 1. The summed E-state index contributed by atoms with van der Waals surface area (Å²) in [5.41, 5.74) is 1.62. The van der Waals surface area contributed by atoms with Crippen molar-refractivity contribution in [1.29, 1.82) is 0 Å². The summed E-state index contributed by atoms with van der Waals surface area (Å²) < 4.78 is 5.18. The lowest BCUT2D eigenvalue weighted by Gasteiger charge is -2.14. The Labute approximate surface area is 111 Å². The minimum absolute atomic E-state index is 0.444. The normalized spacial score (nSPS) is 12.2. The molecular formula is C14H14ClNO2. The van der Waals surface area contributed by atoms with Gasteiger partial charge in [-0.15, -0.1) is 0 Å². The first-order valence-corrected chi connectivity index (χ1v) is 5.99. The molecule has 18 heavy (non-hydrogen) atoms. The van der Waals surface area contributed by atoms with Gasteiger partial charge in [-0.05, 0) is 17.7 Å². The molecule has 1 aromatic carbocycles. The number of rotatable bonds is 4. The van der Waals surface area contributed by atoms with Crippen LogP contribution >= 0.6 is 11.6 Å². The standard InChI is InChI=1S/C14H14ClNO2/c1-18-14-9-16-7-6-11(14)13(17)8-10-4-2-3-5-12(10)15/h2-7,9,13,17H,8H2,1H3. The Morgan fingerprint density at radius 2 is 2.11 bits per heavy atom. The molecule has 1 aromatic heterocycles. The van der Waals surface area contributed by atoms with Crippen molar-refractivity contribution in [1.82, 2.24) is 4.98 Å². The number of aromatic nitrogens is 1. The van der Waals surface area contributed by atoms with Gasteiger partial charge in [0, 0.05) is 23.2 Å². The van der Waals surface area contributed by atoms with Crippen molar-refractivity contribution >= 4 is 11.6 Å². The quantitative estimate of drug-likeness (QED) is 0.922. The van der Waals surface area contributed by atoms with Crippen LogP contribution in [0.25, 0.3) is 0 Å². The molecule has 1 atom stereocenters. The van der Waals surface area contributed by atoms with Crippen molar-refractivity contribution in [2.75, 3.05) is 7.11 Å². The Morgan fingerprint density at radius 1 is 1.33 bits per heavy atom. The van der Waals surface area contributed by atoms with E-state index in [1.807, 2.05) is 24.3 Å². The number of aliphatic hydroxyl groups is 1. The highest BCUT2D eigenvalue weighted by atomic mass is 35.5. The molecule has 0 spiro atoms. The third kappa shape index (κ3) is 2.81. The fraction of sp³-hybridized carbons (Fsp3) is 0.214. The summed E-state index contributed by atoms with van der Waals surface area (Å²) >= 11 is 6.07. The van der Waals surface area contributed by atoms with Crippen molar-refractivity contribution in [2.45, 2.75) is 12.5 Å². The molecule has 4 heteroatoms. The number of hydrogen-bond donors (Lipinski definition) is 1. The molecule has 0 saturated carbocycles. The van der Waals surface area contributed by atoms with E-state index in [0.29, 0.717) is 22.8 Å².